The van der Waals surface area contributed by atoms with Crippen LogP contribution in [0.25, 0.3) is 0 Å². The lowest BCUT2D eigenvalue weighted by Crippen LogP contribution is -2.17. The summed E-state index contributed by atoms with van der Waals surface area (Å²) in [5.41, 5.74) is 0. The Labute approximate surface area is 95.1 Å². The zero-order chi connectivity index (χ0) is 11.6. The van der Waals surface area contributed by atoms with Crippen LogP contribution in [0.5, 0.6) is 5.75 Å². The van der Waals surface area contributed by atoms with Crippen molar-refractivity contribution in [3.8, 4) is 5.75 Å². The molecule has 0 N–H and O–H groups in total. The molecule has 0 spiro atoms. The second-order valence-corrected chi connectivity index (χ2v) is 3.02. The molecule has 0 aliphatic rings. The predicted octanol–water partition coefficient (Wildman–Crippen LogP) is 1.65. The van der Waals surface area contributed by atoms with Crippen LogP contribution in [0.15, 0.2) is 30.3 Å². The summed E-state index contributed by atoms with van der Waals surface area (Å²) in [5, 5.41) is 0. The van der Waals surface area contributed by atoms with Gasteiger partial charge in [-0.25, -0.2) is 4.79 Å². The summed E-state index contributed by atoms with van der Waals surface area (Å²) in [6, 6.07) is 9.14. The molecule has 0 aliphatic heterocycles. The molecule has 0 aromatic heterocycles. The summed E-state index contributed by atoms with van der Waals surface area (Å²) in [6.45, 7) is 3.13. The molecule has 1 aromatic carbocycles. The third-order valence-corrected chi connectivity index (χ3v) is 1.79. The van der Waals surface area contributed by atoms with E-state index < -0.39 is 0 Å². The molecule has 0 saturated carbocycles. The molecule has 0 fully saturated rings. The fourth-order valence-corrected chi connectivity index (χ4v) is 1.06. The summed E-state index contributed by atoms with van der Waals surface area (Å²) < 4.78 is 15.1. The minimum atomic E-state index is -0.386. The Bertz CT molecular complexity index is 297. The van der Waals surface area contributed by atoms with Crippen molar-refractivity contribution in [3.63, 3.8) is 0 Å². The molecule has 4 heteroatoms. The lowest BCUT2D eigenvalue weighted by atomic mass is 10.3. The Morgan fingerprint density at radius 3 is 2.62 bits per heavy atom. The molecule has 0 radical (unpaired) electrons. The van der Waals surface area contributed by atoms with Crippen LogP contribution in [-0.2, 0) is 14.3 Å². The number of carbonyl (C=O) groups is 1. The number of para-hydroxylation sites is 1. The summed E-state index contributed by atoms with van der Waals surface area (Å²) in [6.07, 6.45) is 0. The number of hydrogen-bond donors (Lipinski definition) is 0. The first-order chi connectivity index (χ1) is 7.83. The maximum absolute atomic E-state index is 11.2. The molecule has 88 valence electrons. The number of hydrogen-bond acceptors (Lipinski definition) is 4. The highest BCUT2D eigenvalue weighted by atomic mass is 16.6. The van der Waals surface area contributed by atoms with Crippen LogP contribution in [0.3, 0.4) is 0 Å². The smallest absolute Gasteiger partial charge is 0.344 e. The van der Waals surface area contributed by atoms with Crippen molar-refractivity contribution in [1.29, 1.82) is 0 Å². The second kappa shape index (κ2) is 7.70. The van der Waals surface area contributed by atoms with Crippen LogP contribution in [0.1, 0.15) is 6.92 Å². The first kappa shape index (κ1) is 12.5. The van der Waals surface area contributed by atoms with E-state index in [1.807, 2.05) is 25.1 Å². The van der Waals surface area contributed by atoms with Gasteiger partial charge >= 0.3 is 5.97 Å². The minimum absolute atomic E-state index is 0.0733. The van der Waals surface area contributed by atoms with E-state index in [2.05, 4.69) is 0 Å². The van der Waals surface area contributed by atoms with Gasteiger partial charge < -0.3 is 14.2 Å². The Kier molecular flexibility index (Phi) is 6.03. The number of benzene rings is 1. The molecular weight excluding hydrogens is 208 g/mol. The van der Waals surface area contributed by atoms with Crippen LogP contribution in [-0.4, -0.2) is 32.4 Å². The topological polar surface area (TPSA) is 44.8 Å². The SMILES string of the molecule is CCOCCOC(=O)COc1ccccc1. The van der Waals surface area contributed by atoms with Crippen molar-refractivity contribution >= 4 is 5.97 Å². The molecular formula is C12H16O4. The zero-order valence-electron chi connectivity index (χ0n) is 9.35. The third kappa shape index (κ3) is 5.36. The summed E-state index contributed by atoms with van der Waals surface area (Å²) in [5.74, 6) is 0.271. The maximum atomic E-state index is 11.2. The molecule has 1 aromatic rings. The predicted molar refractivity (Wildman–Crippen MR) is 59.4 cm³/mol. The molecule has 1 rings (SSSR count). The normalized spacial score (nSPS) is 9.81. The summed E-state index contributed by atoms with van der Waals surface area (Å²) in [7, 11) is 0. The van der Waals surface area contributed by atoms with Crippen LogP contribution < -0.4 is 4.74 Å². The van der Waals surface area contributed by atoms with Gasteiger partial charge in [0.1, 0.15) is 12.4 Å². The molecule has 0 heterocycles. The van der Waals surface area contributed by atoms with Crippen molar-refractivity contribution in [1.82, 2.24) is 0 Å². The number of rotatable bonds is 7. The van der Waals surface area contributed by atoms with E-state index in [1.54, 1.807) is 12.1 Å². The van der Waals surface area contributed by atoms with Crippen molar-refractivity contribution < 1.29 is 19.0 Å². The van der Waals surface area contributed by atoms with Crippen molar-refractivity contribution in [2.24, 2.45) is 0 Å². The number of esters is 1. The third-order valence-electron chi connectivity index (χ3n) is 1.79. The van der Waals surface area contributed by atoms with Crippen LogP contribution >= 0.6 is 0 Å². The molecule has 0 unspecified atom stereocenters. The summed E-state index contributed by atoms with van der Waals surface area (Å²) in [4.78, 5) is 11.2. The average molecular weight is 224 g/mol. The molecule has 4 nitrogen and oxygen atoms in total. The molecule has 0 aliphatic carbocycles. The molecule has 16 heavy (non-hydrogen) atoms. The summed E-state index contributed by atoms with van der Waals surface area (Å²) >= 11 is 0. The highest BCUT2D eigenvalue weighted by molar-refractivity contribution is 5.71. The highest BCUT2D eigenvalue weighted by Crippen LogP contribution is 2.07. The Morgan fingerprint density at radius 2 is 1.94 bits per heavy atom. The lowest BCUT2D eigenvalue weighted by molar-refractivity contribution is -0.147. The van der Waals surface area contributed by atoms with E-state index >= 15 is 0 Å². The van der Waals surface area contributed by atoms with Gasteiger partial charge in [-0.1, -0.05) is 18.2 Å². The number of carbonyl (C=O) groups excluding carboxylic acids is 1. The van der Waals surface area contributed by atoms with Crippen LogP contribution in [0.2, 0.25) is 0 Å². The van der Waals surface area contributed by atoms with Gasteiger partial charge in [0.15, 0.2) is 6.61 Å². The van der Waals surface area contributed by atoms with E-state index in [9.17, 15) is 4.79 Å². The molecule has 0 saturated heterocycles. The van der Waals surface area contributed by atoms with Crippen LogP contribution in [0, 0.1) is 0 Å². The fraction of sp³-hybridized carbons (Fsp3) is 0.417. The van der Waals surface area contributed by atoms with Crippen molar-refractivity contribution in [3.05, 3.63) is 30.3 Å². The van der Waals surface area contributed by atoms with Gasteiger partial charge in [-0.15, -0.1) is 0 Å². The van der Waals surface area contributed by atoms with Crippen LogP contribution in [0.4, 0.5) is 0 Å². The van der Waals surface area contributed by atoms with E-state index in [-0.39, 0.29) is 19.2 Å². The van der Waals surface area contributed by atoms with Gasteiger partial charge in [0.25, 0.3) is 0 Å². The fourth-order valence-electron chi connectivity index (χ4n) is 1.06. The van der Waals surface area contributed by atoms with Gasteiger partial charge in [0, 0.05) is 6.61 Å². The maximum Gasteiger partial charge on any atom is 0.344 e. The van der Waals surface area contributed by atoms with Crippen molar-refractivity contribution in [2.75, 3.05) is 26.4 Å². The van der Waals surface area contributed by atoms with Gasteiger partial charge in [-0.05, 0) is 19.1 Å². The Morgan fingerprint density at radius 1 is 1.19 bits per heavy atom. The quantitative estimate of drug-likeness (QED) is 0.521. The van der Waals surface area contributed by atoms with E-state index in [1.165, 1.54) is 0 Å². The van der Waals surface area contributed by atoms with Crippen molar-refractivity contribution in [2.45, 2.75) is 6.92 Å². The second-order valence-electron chi connectivity index (χ2n) is 3.02. The molecule has 0 atom stereocenters. The molecule has 0 amide bonds. The van der Waals surface area contributed by atoms with Gasteiger partial charge in [0.2, 0.25) is 0 Å². The lowest BCUT2D eigenvalue weighted by Gasteiger charge is -2.06. The Balaban J connectivity index is 2.11. The highest BCUT2D eigenvalue weighted by Gasteiger charge is 2.03. The first-order valence-electron chi connectivity index (χ1n) is 5.24. The van der Waals surface area contributed by atoms with E-state index in [0.717, 1.165) is 0 Å². The monoisotopic (exact) mass is 224 g/mol. The van der Waals surface area contributed by atoms with E-state index in [0.29, 0.717) is 19.0 Å². The Hall–Kier alpha value is -1.55. The van der Waals surface area contributed by atoms with Gasteiger partial charge in [-0.2, -0.15) is 0 Å². The average Bonchev–Trinajstić information content (AvgIpc) is 2.33. The largest absolute Gasteiger partial charge is 0.482 e. The molecule has 0 bridgehead atoms. The zero-order valence-corrected chi connectivity index (χ0v) is 9.35. The van der Waals surface area contributed by atoms with E-state index in [4.69, 9.17) is 14.2 Å². The van der Waals surface area contributed by atoms with Gasteiger partial charge in [-0.3, -0.25) is 0 Å². The minimum Gasteiger partial charge on any atom is -0.482 e. The van der Waals surface area contributed by atoms with Gasteiger partial charge in [0.05, 0.1) is 6.61 Å². The standard InChI is InChI=1S/C12H16O4/c1-2-14-8-9-15-12(13)10-16-11-6-4-3-5-7-11/h3-7H,2,8-10H2,1H3. The number of ether oxygens (including phenoxy) is 3. The first-order valence-corrected chi connectivity index (χ1v) is 5.24.